The number of phenolic OH excluding ortho intramolecular Hbond substituents is 2. The van der Waals surface area contributed by atoms with Crippen molar-refractivity contribution in [3.8, 4) is 34.9 Å². The summed E-state index contributed by atoms with van der Waals surface area (Å²) in [7, 11) is 0. The SMILES string of the molecule is CC(C)c1cc(Oc2c(Cl)c(O)c(-n3nc(C#N)c(=O)[nH]c3=O)c(O)c2Cl)n[nH]c1=O. The van der Waals surface area contributed by atoms with Gasteiger partial charge in [-0.3, -0.25) is 14.6 Å². The summed E-state index contributed by atoms with van der Waals surface area (Å²) in [6.45, 7) is 3.54. The van der Waals surface area contributed by atoms with E-state index >= 15 is 0 Å². The lowest BCUT2D eigenvalue weighted by Crippen LogP contribution is -2.33. The van der Waals surface area contributed by atoms with Crippen molar-refractivity contribution in [3.63, 3.8) is 0 Å². The molecule has 3 aromatic rings. The number of aromatic amines is 2. The first-order chi connectivity index (χ1) is 14.6. The van der Waals surface area contributed by atoms with E-state index in [9.17, 15) is 24.6 Å². The molecule has 0 radical (unpaired) electrons. The number of ether oxygens (including phenoxy) is 1. The lowest BCUT2D eigenvalue weighted by Gasteiger charge is -2.16. The molecule has 3 rings (SSSR count). The third-order valence-electron chi connectivity index (χ3n) is 4.05. The molecule has 160 valence electrons. The van der Waals surface area contributed by atoms with Crippen LogP contribution in [0.15, 0.2) is 20.4 Å². The molecule has 0 aliphatic rings. The van der Waals surface area contributed by atoms with Crippen LogP contribution >= 0.6 is 23.2 Å². The van der Waals surface area contributed by atoms with Gasteiger partial charge in [0.05, 0.1) is 0 Å². The van der Waals surface area contributed by atoms with Gasteiger partial charge >= 0.3 is 5.69 Å². The Hall–Kier alpha value is -3.82. The third-order valence-corrected chi connectivity index (χ3v) is 4.75. The predicted octanol–water partition coefficient (Wildman–Crippen LogP) is 1.51. The van der Waals surface area contributed by atoms with E-state index in [1.54, 1.807) is 13.8 Å². The van der Waals surface area contributed by atoms with Gasteiger partial charge in [0.2, 0.25) is 11.6 Å². The fourth-order valence-electron chi connectivity index (χ4n) is 2.53. The molecular weight excluding hydrogens is 455 g/mol. The molecule has 31 heavy (non-hydrogen) atoms. The maximum absolute atomic E-state index is 12.1. The Morgan fingerprint density at radius 1 is 1.16 bits per heavy atom. The summed E-state index contributed by atoms with van der Waals surface area (Å²) in [5.41, 5.74) is -3.75. The number of benzene rings is 1. The smallest absolute Gasteiger partial charge is 0.349 e. The Morgan fingerprint density at radius 3 is 2.32 bits per heavy atom. The van der Waals surface area contributed by atoms with Crippen molar-refractivity contribution in [1.82, 2.24) is 25.0 Å². The number of nitrogens with zero attached hydrogens (tertiary/aromatic N) is 4. The zero-order valence-electron chi connectivity index (χ0n) is 15.7. The summed E-state index contributed by atoms with van der Waals surface area (Å²) >= 11 is 12.2. The highest BCUT2D eigenvalue weighted by molar-refractivity contribution is 6.39. The Morgan fingerprint density at radius 2 is 1.77 bits per heavy atom. The number of hydrogen-bond acceptors (Lipinski definition) is 9. The van der Waals surface area contributed by atoms with Crippen LogP contribution in [0.2, 0.25) is 10.0 Å². The van der Waals surface area contributed by atoms with Crippen molar-refractivity contribution >= 4 is 23.2 Å². The first-order valence-corrected chi connectivity index (χ1v) is 9.16. The van der Waals surface area contributed by atoms with Gasteiger partial charge in [-0.05, 0) is 5.92 Å². The molecule has 14 heteroatoms. The summed E-state index contributed by atoms with van der Waals surface area (Å²) in [5, 5.41) is 38.2. The molecule has 0 aliphatic carbocycles. The Bertz CT molecular complexity index is 1390. The minimum atomic E-state index is -1.18. The molecule has 0 saturated carbocycles. The van der Waals surface area contributed by atoms with Gasteiger partial charge < -0.3 is 14.9 Å². The first kappa shape index (κ1) is 21.9. The molecule has 2 aromatic heterocycles. The molecule has 2 heterocycles. The van der Waals surface area contributed by atoms with E-state index in [0.29, 0.717) is 10.2 Å². The largest absolute Gasteiger partial charge is 0.504 e. The van der Waals surface area contributed by atoms with E-state index in [0.717, 1.165) is 0 Å². The summed E-state index contributed by atoms with van der Waals surface area (Å²) in [6, 6.07) is 2.78. The molecule has 0 saturated heterocycles. The monoisotopic (exact) mass is 466 g/mol. The van der Waals surface area contributed by atoms with Crippen LogP contribution in [0.3, 0.4) is 0 Å². The van der Waals surface area contributed by atoms with Gasteiger partial charge in [-0.25, -0.2) is 9.89 Å². The molecule has 0 spiro atoms. The van der Waals surface area contributed by atoms with Gasteiger partial charge in [0.1, 0.15) is 16.1 Å². The zero-order valence-corrected chi connectivity index (χ0v) is 17.2. The number of nitriles is 1. The van der Waals surface area contributed by atoms with E-state index in [-0.39, 0.29) is 11.8 Å². The van der Waals surface area contributed by atoms with Gasteiger partial charge in [-0.15, -0.1) is 10.2 Å². The minimum absolute atomic E-state index is 0.148. The zero-order chi connectivity index (χ0) is 23.0. The summed E-state index contributed by atoms with van der Waals surface area (Å²) in [5.74, 6) is -2.54. The van der Waals surface area contributed by atoms with Crippen molar-refractivity contribution in [2.75, 3.05) is 0 Å². The fraction of sp³-hybridized carbons (Fsp3) is 0.176. The highest BCUT2D eigenvalue weighted by Crippen LogP contribution is 2.50. The average Bonchev–Trinajstić information content (AvgIpc) is 2.72. The summed E-state index contributed by atoms with van der Waals surface area (Å²) in [6.07, 6.45) is 0. The Balaban J connectivity index is 2.20. The van der Waals surface area contributed by atoms with Crippen molar-refractivity contribution in [2.45, 2.75) is 19.8 Å². The highest BCUT2D eigenvalue weighted by Gasteiger charge is 2.27. The fourth-order valence-corrected chi connectivity index (χ4v) is 3.03. The van der Waals surface area contributed by atoms with E-state index in [1.807, 2.05) is 4.98 Å². The molecule has 4 N–H and O–H groups in total. The van der Waals surface area contributed by atoms with Gasteiger partial charge in [-0.2, -0.15) is 9.94 Å². The molecule has 0 fully saturated rings. The number of phenols is 2. The maximum Gasteiger partial charge on any atom is 0.349 e. The minimum Gasteiger partial charge on any atom is -0.504 e. The number of hydrogen-bond donors (Lipinski definition) is 4. The second-order valence-electron chi connectivity index (χ2n) is 6.38. The number of aromatic nitrogens is 5. The van der Waals surface area contributed by atoms with Gasteiger partial charge in [-0.1, -0.05) is 37.0 Å². The van der Waals surface area contributed by atoms with Gasteiger partial charge in [0.15, 0.2) is 22.9 Å². The van der Waals surface area contributed by atoms with E-state index < -0.39 is 55.5 Å². The third kappa shape index (κ3) is 3.83. The normalized spacial score (nSPS) is 10.8. The quantitative estimate of drug-likeness (QED) is 0.441. The lowest BCUT2D eigenvalue weighted by molar-refractivity contribution is 0.416. The number of aromatic hydroxyl groups is 2. The van der Waals surface area contributed by atoms with Crippen LogP contribution in [0.1, 0.15) is 31.0 Å². The van der Waals surface area contributed by atoms with Crippen LogP contribution in [0, 0.1) is 11.3 Å². The standard InChI is InChI=1S/C17H12Cl2N6O6/c1-5(2)6-3-8(22-23-15(6)28)31-14-9(18)12(26)11(13(27)10(14)19)25-17(30)21-16(29)7(4-20)24-25/h3,5,26-27H,1-2H3,(H,23,28)(H,21,29,30). The highest BCUT2D eigenvalue weighted by atomic mass is 35.5. The van der Waals surface area contributed by atoms with E-state index in [1.165, 1.54) is 12.1 Å². The van der Waals surface area contributed by atoms with Crippen molar-refractivity contribution in [3.05, 3.63) is 58.6 Å². The van der Waals surface area contributed by atoms with Crippen molar-refractivity contribution in [2.24, 2.45) is 0 Å². The molecule has 12 nitrogen and oxygen atoms in total. The van der Waals surface area contributed by atoms with Gasteiger partial charge in [0, 0.05) is 11.6 Å². The van der Waals surface area contributed by atoms with E-state index in [2.05, 4.69) is 15.3 Å². The molecule has 0 unspecified atom stereocenters. The van der Waals surface area contributed by atoms with Crippen LogP contribution in [0.25, 0.3) is 5.69 Å². The van der Waals surface area contributed by atoms with Crippen molar-refractivity contribution < 1.29 is 14.9 Å². The number of halogens is 2. The Labute approximate surface area is 181 Å². The number of nitrogens with one attached hydrogen (secondary N) is 2. The second-order valence-corrected chi connectivity index (χ2v) is 7.14. The number of H-pyrrole nitrogens is 2. The van der Waals surface area contributed by atoms with Crippen LogP contribution in [-0.4, -0.2) is 35.2 Å². The van der Waals surface area contributed by atoms with Crippen LogP contribution < -0.4 is 21.5 Å². The van der Waals surface area contributed by atoms with Crippen LogP contribution in [-0.2, 0) is 0 Å². The second kappa shape index (κ2) is 8.13. The van der Waals surface area contributed by atoms with Crippen LogP contribution in [0.4, 0.5) is 0 Å². The molecular formula is C17H12Cl2N6O6. The molecule has 0 aliphatic heterocycles. The Kier molecular flexibility index (Phi) is 5.74. The first-order valence-electron chi connectivity index (χ1n) is 8.41. The molecule has 1 aromatic carbocycles. The van der Waals surface area contributed by atoms with Gasteiger partial charge in [0.25, 0.3) is 11.1 Å². The summed E-state index contributed by atoms with van der Waals surface area (Å²) < 4.78 is 5.80. The summed E-state index contributed by atoms with van der Waals surface area (Å²) in [4.78, 5) is 37.3. The van der Waals surface area contributed by atoms with Crippen molar-refractivity contribution in [1.29, 1.82) is 5.26 Å². The maximum atomic E-state index is 12.1. The molecule has 0 bridgehead atoms. The number of rotatable bonds is 4. The van der Waals surface area contributed by atoms with E-state index in [4.69, 9.17) is 33.2 Å². The average molecular weight is 467 g/mol. The lowest BCUT2D eigenvalue weighted by atomic mass is 10.1. The molecule has 0 atom stereocenters. The molecule has 0 amide bonds. The topological polar surface area (TPSA) is 187 Å². The van der Waals surface area contributed by atoms with Crippen LogP contribution in [0.5, 0.6) is 23.1 Å². The predicted molar refractivity (Wildman–Crippen MR) is 108 cm³/mol.